The van der Waals surface area contributed by atoms with Crippen LogP contribution in [0.25, 0.3) is 0 Å². The Hall–Kier alpha value is -2.09. The van der Waals surface area contributed by atoms with E-state index >= 15 is 0 Å². The topological polar surface area (TPSA) is 99.7 Å². The second kappa shape index (κ2) is 11.7. The number of hydrogen-bond acceptors (Lipinski definition) is 4. The summed E-state index contributed by atoms with van der Waals surface area (Å²) in [6, 6.07) is 7.61. The predicted molar refractivity (Wildman–Crippen MR) is 116 cm³/mol. The summed E-state index contributed by atoms with van der Waals surface area (Å²) in [7, 11) is -2.98. The quantitative estimate of drug-likeness (QED) is 0.407. The van der Waals surface area contributed by atoms with Crippen LogP contribution in [0.1, 0.15) is 46.1 Å². The fourth-order valence-electron chi connectivity index (χ4n) is 2.52. The Balaban J connectivity index is 2.71. The van der Waals surface area contributed by atoms with Crippen molar-refractivity contribution < 1.29 is 13.2 Å². The van der Waals surface area contributed by atoms with Gasteiger partial charge in [-0.1, -0.05) is 26.0 Å². The van der Waals surface area contributed by atoms with E-state index in [1.165, 1.54) is 6.26 Å². The lowest BCUT2D eigenvalue weighted by molar-refractivity contribution is -0.116. The molecule has 0 aliphatic carbocycles. The number of nitrogens with one attached hydrogen (secondary N) is 3. The molecule has 1 aromatic rings. The van der Waals surface area contributed by atoms with Crippen LogP contribution in [0.15, 0.2) is 29.3 Å². The zero-order valence-electron chi connectivity index (χ0n) is 17.6. The van der Waals surface area contributed by atoms with Crippen LogP contribution in [0.5, 0.6) is 0 Å². The maximum Gasteiger partial charge on any atom is 0.224 e. The van der Waals surface area contributed by atoms with Gasteiger partial charge in [-0.15, -0.1) is 0 Å². The summed E-state index contributed by atoms with van der Waals surface area (Å²) in [5.74, 6) is 1.09. The summed E-state index contributed by atoms with van der Waals surface area (Å²) in [5, 5.41) is 9.32. The molecule has 8 heteroatoms. The van der Waals surface area contributed by atoms with E-state index in [4.69, 9.17) is 0 Å². The van der Waals surface area contributed by atoms with E-state index in [-0.39, 0.29) is 17.7 Å². The van der Waals surface area contributed by atoms with Crippen molar-refractivity contribution in [3.05, 3.63) is 29.8 Å². The van der Waals surface area contributed by atoms with Crippen LogP contribution in [-0.2, 0) is 21.2 Å². The predicted octanol–water partition coefficient (Wildman–Crippen LogP) is 2.55. The smallest absolute Gasteiger partial charge is 0.224 e. The fourth-order valence-corrected chi connectivity index (χ4v) is 3.30. The van der Waals surface area contributed by atoms with Crippen LogP contribution < -0.4 is 16.0 Å². The molecule has 0 aliphatic rings. The van der Waals surface area contributed by atoms with Crippen molar-refractivity contribution in [3.8, 4) is 0 Å². The maximum absolute atomic E-state index is 11.9. The number of aliphatic imine (C=N–C) groups is 1. The zero-order chi connectivity index (χ0) is 21.2. The van der Waals surface area contributed by atoms with E-state index < -0.39 is 9.84 Å². The van der Waals surface area contributed by atoms with Gasteiger partial charge in [-0.2, -0.15) is 0 Å². The summed E-state index contributed by atoms with van der Waals surface area (Å²) in [6.45, 7) is 9.08. The second-order valence-corrected chi connectivity index (χ2v) is 9.77. The van der Waals surface area contributed by atoms with E-state index in [0.717, 1.165) is 11.3 Å². The molecule has 1 rings (SSSR count). The van der Waals surface area contributed by atoms with Gasteiger partial charge in [-0.3, -0.25) is 4.79 Å². The average molecular weight is 411 g/mol. The van der Waals surface area contributed by atoms with Crippen LogP contribution in [0.3, 0.4) is 0 Å². The molecular weight excluding hydrogens is 376 g/mol. The van der Waals surface area contributed by atoms with Crippen molar-refractivity contribution in [3.63, 3.8) is 0 Å². The highest BCUT2D eigenvalue weighted by atomic mass is 32.2. The average Bonchev–Trinajstić information content (AvgIpc) is 2.57. The van der Waals surface area contributed by atoms with Crippen molar-refractivity contribution in [2.45, 2.75) is 53.1 Å². The summed E-state index contributed by atoms with van der Waals surface area (Å²) in [4.78, 5) is 16.5. The van der Waals surface area contributed by atoms with E-state index in [1.807, 2.05) is 52.0 Å². The van der Waals surface area contributed by atoms with E-state index in [9.17, 15) is 13.2 Å². The van der Waals surface area contributed by atoms with Gasteiger partial charge in [-0.25, -0.2) is 13.4 Å². The van der Waals surface area contributed by atoms with Gasteiger partial charge < -0.3 is 16.0 Å². The third-order valence-corrected chi connectivity index (χ3v) is 4.85. The number of guanidine groups is 1. The molecule has 0 radical (unpaired) electrons. The Labute approximate surface area is 169 Å². The highest BCUT2D eigenvalue weighted by molar-refractivity contribution is 7.90. The minimum Gasteiger partial charge on any atom is -0.357 e. The molecule has 0 saturated carbocycles. The van der Waals surface area contributed by atoms with Crippen molar-refractivity contribution in [1.29, 1.82) is 0 Å². The van der Waals surface area contributed by atoms with Crippen LogP contribution in [-0.4, -0.2) is 44.9 Å². The molecule has 0 spiro atoms. The Morgan fingerprint density at radius 3 is 2.54 bits per heavy atom. The van der Waals surface area contributed by atoms with E-state index in [2.05, 4.69) is 20.9 Å². The van der Waals surface area contributed by atoms with Crippen molar-refractivity contribution in [1.82, 2.24) is 10.6 Å². The number of anilines is 1. The number of carbonyl (C=O) groups excluding carboxylic acids is 1. The molecule has 28 heavy (non-hydrogen) atoms. The zero-order valence-corrected chi connectivity index (χ0v) is 18.4. The molecule has 0 heterocycles. The lowest BCUT2D eigenvalue weighted by Crippen LogP contribution is -2.42. The lowest BCUT2D eigenvalue weighted by atomic mass is 10.1. The Kier molecular flexibility index (Phi) is 9.99. The van der Waals surface area contributed by atoms with Gasteiger partial charge in [0.05, 0.1) is 12.3 Å². The summed E-state index contributed by atoms with van der Waals surface area (Å²) < 4.78 is 22.6. The van der Waals surface area contributed by atoms with E-state index in [0.29, 0.717) is 37.8 Å². The number of benzene rings is 1. The first-order valence-corrected chi connectivity index (χ1v) is 11.8. The van der Waals surface area contributed by atoms with Gasteiger partial charge in [-0.05, 0) is 43.9 Å². The number of sulfone groups is 1. The molecule has 3 N–H and O–H groups in total. The number of hydrogen-bond donors (Lipinski definition) is 3. The van der Waals surface area contributed by atoms with Gasteiger partial charge in [0, 0.05) is 31.0 Å². The largest absolute Gasteiger partial charge is 0.357 e. The molecule has 1 unspecified atom stereocenters. The highest BCUT2D eigenvalue weighted by Crippen LogP contribution is 2.13. The maximum atomic E-state index is 11.9. The Morgan fingerprint density at radius 1 is 1.21 bits per heavy atom. The number of amides is 1. The van der Waals surface area contributed by atoms with Gasteiger partial charge in [0.2, 0.25) is 5.91 Å². The van der Waals surface area contributed by atoms with Crippen LogP contribution >= 0.6 is 0 Å². The van der Waals surface area contributed by atoms with Crippen molar-refractivity contribution >= 4 is 27.4 Å². The first-order chi connectivity index (χ1) is 13.1. The third-order valence-electron chi connectivity index (χ3n) is 3.87. The van der Waals surface area contributed by atoms with Crippen molar-refractivity contribution in [2.24, 2.45) is 10.9 Å². The molecule has 0 bridgehead atoms. The normalized spacial score (nSPS) is 13.3. The molecular formula is C20H34N4O3S. The standard InChI is InChI=1S/C20H34N4O3S/c1-6-21-20(23-16(4)10-11-28(5,26)27)22-14-17-8-7-9-18(13-17)24-19(25)12-15(2)3/h7-9,13,15-16H,6,10-12,14H2,1-5H3,(H,24,25)(H2,21,22,23). The van der Waals surface area contributed by atoms with Gasteiger partial charge >= 0.3 is 0 Å². The van der Waals surface area contributed by atoms with Crippen LogP contribution in [0.4, 0.5) is 5.69 Å². The Bertz CT molecular complexity index is 760. The minimum absolute atomic E-state index is 0.00496. The van der Waals surface area contributed by atoms with E-state index in [1.54, 1.807) is 0 Å². The first-order valence-electron chi connectivity index (χ1n) is 9.70. The van der Waals surface area contributed by atoms with Gasteiger partial charge in [0.25, 0.3) is 0 Å². The summed E-state index contributed by atoms with van der Waals surface area (Å²) in [6.07, 6.45) is 2.24. The summed E-state index contributed by atoms with van der Waals surface area (Å²) >= 11 is 0. The van der Waals surface area contributed by atoms with Gasteiger partial charge in [0.15, 0.2) is 5.96 Å². The van der Waals surface area contributed by atoms with Gasteiger partial charge in [0.1, 0.15) is 9.84 Å². The third kappa shape index (κ3) is 10.9. The molecule has 1 aromatic carbocycles. The number of nitrogens with zero attached hydrogens (tertiary/aromatic N) is 1. The highest BCUT2D eigenvalue weighted by Gasteiger charge is 2.10. The van der Waals surface area contributed by atoms with Crippen LogP contribution in [0.2, 0.25) is 0 Å². The summed E-state index contributed by atoms with van der Waals surface area (Å²) in [5.41, 5.74) is 1.74. The molecule has 1 amide bonds. The fraction of sp³-hybridized carbons (Fsp3) is 0.600. The van der Waals surface area contributed by atoms with Crippen molar-refractivity contribution in [2.75, 3.05) is 23.9 Å². The molecule has 0 aliphatic heterocycles. The molecule has 158 valence electrons. The molecule has 0 aromatic heterocycles. The molecule has 0 fully saturated rings. The second-order valence-electron chi connectivity index (χ2n) is 7.51. The van der Waals surface area contributed by atoms with Crippen LogP contribution in [0, 0.1) is 5.92 Å². The lowest BCUT2D eigenvalue weighted by Gasteiger charge is -2.17. The molecule has 7 nitrogen and oxygen atoms in total. The SMILES string of the molecule is CCNC(=NCc1cccc(NC(=O)CC(C)C)c1)NC(C)CCS(C)(=O)=O. The number of carbonyl (C=O) groups is 1. The first kappa shape index (κ1) is 23.9. The molecule has 0 saturated heterocycles. The molecule has 1 atom stereocenters. The minimum atomic E-state index is -2.98. The number of rotatable bonds is 10. The Morgan fingerprint density at radius 2 is 1.93 bits per heavy atom. The monoisotopic (exact) mass is 410 g/mol.